The van der Waals surface area contributed by atoms with E-state index >= 15 is 0 Å². The van der Waals surface area contributed by atoms with Gasteiger partial charge in [0.1, 0.15) is 0 Å². The van der Waals surface area contributed by atoms with Crippen LogP contribution in [0, 0.1) is 0 Å². The molecule has 0 bridgehead atoms. The van der Waals surface area contributed by atoms with E-state index in [4.69, 9.17) is 5.73 Å². The first-order chi connectivity index (χ1) is 3.98. The molecule has 0 aliphatic carbocycles. The molecule has 0 radical (unpaired) electrons. The summed E-state index contributed by atoms with van der Waals surface area (Å²) < 4.78 is 22.4. The first kappa shape index (κ1) is 12.8. The van der Waals surface area contributed by atoms with Crippen LogP contribution in [0.15, 0.2) is 0 Å². The van der Waals surface area contributed by atoms with Crippen LogP contribution in [0.1, 0.15) is 0 Å². The van der Waals surface area contributed by atoms with Crippen molar-refractivity contribution in [3.05, 3.63) is 0 Å². The lowest BCUT2D eigenvalue weighted by molar-refractivity contribution is 0.482. The second-order valence-corrected chi connectivity index (χ2v) is 3.96. The molecule has 0 saturated carbocycles. The summed E-state index contributed by atoms with van der Waals surface area (Å²) >= 11 is 0. The van der Waals surface area contributed by atoms with Crippen LogP contribution in [-0.2, 0) is 10.0 Å². The van der Waals surface area contributed by atoms with E-state index in [1.807, 2.05) is 0 Å². The van der Waals surface area contributed by atoms with E-state index in [0.717, 1.165) is 6.26 Å². The molecule has 0 unspecified atom stereocenters. The Kier molecular flexibility index (Phi) is 6.27. The van der Waals surface area contributed by atoms with Crippen molar-refractivity contribution in [3.8, 4) is 0 Å². The van der Waals surface area contributed by atoms with Gasteiger partial charge >= 0.3 is 0 Å². The third kappa shape index (κ3) is 4.99. The van der Waals surface area contributed by atoms with E-state index in [0.29, 0.717) is 13.1 Å². The number of nitrogens with two attached hydrogens (primary N) is 1. The molecule has 0 fully saturated rings. The summed E-state index contributed by atoms with van der Waals surface area (Å²) in [6.45, 7) is 0.752. The molecule has 4 nitrogen and oxygen atoms in total. The van der Waals surface area contributed by atoms with Crippen molar-refractivity contribution < 1.29 is 8.42 Å². The SMILES string of the molecule is CN(CCN)S(C)(=O)=O.Cl. The Hall–Kier alpha value is 0.160. The molecule has 6 heteroatoms. The van der Waals surface area contributed by atoms with Gasteiger partial charge < -0.3 is 5.73 Å². The molecule has 0 aliphatic heterocycles. The summed E-state index contributed by atoms with van der Waals surface area (Å²) in [5.41, 5.74) is 5.12. The van der Waals surface area contributed by atoms with Crippen molar-refractivity contribution in [1.82, 2.24) is 4.31 Å². The largest absolute Gasteiger partial charge is 0.329 e. The van der Waals surface area contributed by atoms with Gasteiger partial charge in [0.25, 0.3) is 0 Å². The van der Waals surface area contributed by atoms with Crippen molar-refractivity contribution in [2.45, 2.75) is 0 Å². The Morgan fingerprint density at radius 2 is 1.90 bits per heavy atom. The lowest BCUT2D eigenvalue weighted by Crippen LogP contribution is -2.30. The molecular formula is C4H13ClN2O2S. The first-order valence-electron chi connectivity index (χ1n) is 2.60. The van der Waals surface area contributed by atoms with Gasteiger partial charge in [-0.05, 0) is 0 Å². The summed E-state index contributed by atoms with van der Waals surface area (Å²) in [6.07, 6.45) is 1.16. The maximum atomic E-state index is 10.6. The molecule has 0 amide bonds. The van der Waals surface area contributed by atoms with Crippen molar-refractivity contribution >= 4 is 22.4 Å². The van der Waals surface area contributed by atoms with Gasteiger partial charge in [0.15, 0.2) is 0 Å². The molecule has 0 spiro atoms. The van der Waals surface area contributed by atoms with Crippen molar-refractivity contribution in [1.29, 1.82) is 0 Å². The first-order valence-corrected chi connectivity index (χ1v) is 4.44. The van der Waals surface area contributed by atoms with Gasteiger partial charge in [0.05, 0.1) is 6.26 Å². The Bertz CT molecular complexity index is 168. The lowest BCUT2D eigenvalue weighted by Gasteiger charge is -2.10. The summed E-state index contributed by atoms with van der Waals surface area (Å²) in [6, 6.07) is 0. The molecule has 0 aromatic carbocycles. The predicted octanol–water partition coefficient (Wildman–Crippen LogP) is -0.742. The van der Waals surface area contributed by atoms with Crippen LogP contribution in [0.4, 0.5) is 0 Å². The molecule has 0 aromatic heterocycles. The highest BCUT2D eigenvalue weighted by atomic mass is 35.5. The van der Waals surface area contributed by atoms with Crippen LogP contribution in [-0.4, -0.2) is 39.1 Å². The molecule has 0 aliphatic rings. The number of hydrogen-bond acceptors (Lipinski definition) is 3. The number of nitrogens with zero attached hydrogens (tertiary/aromatic N) is 1. The van der Waals surface area contributed by atoms with E-state index < -0.39 is 10.0 Å². The van der Waals surface area contributed by atoms with Gasteiger partial charge in [-0.1, -0.05) is 0 Å². The monoisotopic (exact) mass is 188 g/mol. The Labute approximate surface area is 67.8 Å². The zero-order chi connectivity index (χ0) is 7.49. The van der Waals surface area contributed by atoms with Crippen LogP contribution in [0.2, 0.25) is 0 Å². The fourth-order valence-electron chi connectivity index (χ4n) is 0.348. The second kappa shape index (κ2) is 4.90. The molecule has 0 atom stereocenters. The fraction of sp³-hybridized carbons (Fsp3) is 1.00. The van der Waals surface area contributed by atoms with E-state index in [-0.39, 0.29) is 12.4 Å². The third-order valence-corrected chi connectivity index (χ3v) is 2.33. The van der Waals surface area contributed by atoms with Crippen LogP contribution in [0.5, 0.6) is 0 Å². The minimum absolute atomic E-state index is 0. The van der Waals surface area contributed by atoms with Gasteiger partial charge in [0.2, 0.25) is 10.0 Å². The summed E-state index contributed by atoms with van der Waals surface area (Å²) in [7, 11) is -1.51. The van der Waals surface area contributed by atoms with E-state index in [9.17, 15) is 8.42 Å². The molecule has 0 heterocycles. The smallest absolute Gasteiger partial charge is 0.210 e. The van der Waals surface area contributed by atoms with E-state index in [1.165, 1.54) is 11.4 Å². The average Bonchev–Trinajstić information content (AvgIpc) is 1.64. The van der Waals surface area contributed by atoms with Crippen LogP contribution >= 0.6 is 12.4 Å². The van der Waals surface area contributed by atoms with E-state index in [2.05, 4.69) is 0 Å². The highest BCUT2D eigenvalue weighted by Gasteiger charge is 2.07. The van der Waals surface area contributed by atoms with E-state index in [1.54, 1.807) is 0 Å². The zero-order valence-electron chi connectivity index (χ0n) is 6.07. The molecule has 0 rings (SSSR count). The molecule has 2 N–H and O–H groups in total. The molecule has 10 heavy (non-hydrogen) atoms. The van der Waals surface area contributed by atoms with Gasteiger partial charge in [-0.25, -0.2) is 12.7 Å². The quantitative estimate of drug-likeness (QED) is 0.635. The highest BCUT2D eigenvalue weighted by molar-refractivity contribution is 7.88. The molecular weight excluding hydrogens is 176 g/mol. The maximum absolute atomic E-state index is 10.6. The summed E-state index contributed by atoms with van der Waals surface area (Å²) in [5, 5.41) is 0. The van der Waals surface area contributed by atoms with Gasteiger partial charge in [0, 0.05) is 20.1 Å². The molecule has 0 aromatic rings. The number of rotatable bonds is 3. The minimum atomic E-state index is -3.01. The Morgan fingerprint density at radius 3 is 2.00 bits per heavy atom. The maximum Gasteiger partial charge on any atom is 0.210 e. The van der Waals surface area contributed by atoms with Crippen LogP contribution in [0.3, 0.4) is 0 Å². The normalized spacial score (nSPS) is 11.2. The lowest BCUT2D eigenvalue weighted by atomic mass is 10.7. The highest BCUT2D eigenvalue weighted by Crippen LogP contribution is 1.88. The third-order valence-electron chi connectivity index (χ3n) is 1.01. The molecule has 0 saturated heterocycles. The van der Waals surface area contributed by atoms with Crippen molar-refractivity contribution in [2.75, 3.05) is 26.4 Å². The average molecular weight is 189 g/mol. The minimum Gasteiger partial charge on any atom is -0.329 e. The summed E-state index contributed by atoms with van der Waals surface area (Å²) in [5.74, 6) is 0. The molecule has 64 valence electrons. The second-order valence-electron chi connectivity index (χ2n) is 1.87. The van der Waals surface area contributed by atoms with Gasteiger partial charge in [-0.15, -0.1) is 12.4 Å². The standard InChI is InChI=1S/C4H12N2O2S.ClH/c1-6(4-3-5)9(2,7)8;/h3-5H2,1-2H3;1H. The fourth-order valence-corrected chi connectivity index (χ4v) is 0.785. The predicted molar refractivity (Wildman–Crippen MR) is 43.8 cm³/mol. The van der Waals surface area contributed by atoms with Gasteiger partial charge in [-0.3, -0.25) is 0 Å². The van der Waals surface area contributed by atoms with Crippen LogP contribution < -0.4 is 5.73 Å². The Morgan fingerprint density at radius 1 is 1.50 bits per heavy atom. The Balaban J connectivity index is 0. The number of halogens is 1. The van der Waals surface area contributed by atoms with Crippen molar-refractivity contribution in [2.24, 2.45) is 5.73 Å². The number of sulfonamides is 1. The summed E-state index contributed by atoms with van der Waals surface area (Å²) in [4.78, 5) is 0. The number of hydrogen-bond donors (Lipinski definition) is 1. The van der Waals surface area contributed by atoms with Gasteiger partial charge in [-0.2, -0.15) is 0 Å². The van der Waals surface area contributed by atoms with Crippen molar-refractivity contribution in [3.63, 3.8) is 0 Å². The topological polar surface area (TPSA) is 63.4 Å². The zero-order valence-corrected chi connectivity index (χ0v) is 7.70. The van der Waals surface area contributed by atoms with Crippen LogP contribution in [0.25, 0.3) is 0 Å². The number of likely N-dealkylation sites (N-methyl/N-ethyl adjacent to an activating group) is 1.